The van der Waals surface area contributed by atoms with Crippen molar-refractivity contribution in [1.29, 1.82) is 0 Å². The summed E-state index contributed by atoms with van der Waals surface area (Å²) < 4.78 is 5.46. The first kappa shape index (κ1) is 18.3. The third kappa shape index (κ3) is 3.92. The van der Waals surface area contributed by atoms with E-state index in [2.05, 4.69) is 22.1 Å². The Kier molecular flexibility index (Phi) is 5.12. The number of benzene rings is 3. The lowest BCUT2D eigenvalue weighted by Gasteiger charge is -2.13. The van der Waals surface area contributed by atoms with Crippen molar-refractivity contribution >= 4 is 39.4 Å². The first-order chi connectivity index (χ1) is 13.6. The lowest BCUT2D eigenvalue weighted by molar-refractivity contribution is -0.145. The highest BCUT2D eigenvalue weighted by molar-refractivity contribution is 8.00. The number of hydrogen-bond donors (Lipinski definition) is 1. The average Bonchev–Trinajstić information content (AvgIpc) is 2.72. The van der Waals surface area contributed by atoms with Gasteiger partial charge in [-0.15, -0.1) is 11.8 Å². The Morgan fingerprint density at radius 1 is 1.07 bits per heavy atom. The van der Waals surface area contributed by atoms with E-state index >= 15 is 0 Å². The van der Waals surface area contributed by atoms with E-state index < -0.39 is 6.10 Å². The number of esters is 1. The van der Waals surface area contributed by atoms with Crippen LogP contribution in [0.25, 0.3) is 21.7 Å². The monoisotopic (exact) mass is 390 g/mol. The Labute approximate surface area is 165 Å². The summed E-state index contributed by atoms with van der Waals surface area (Å²) in [6.45, 7) is 1.70. The zero-order chi connectivity index (χ0) is 19.5. The minimum Gasteiger partial charge on any atom is -0.454 e. The van der Waals surface area contributed by atoms with Gasteiger partial charge in [0.2, 0.25) is 0 Å². The number of nitrogens with one attached hydrogen (secondary N) is 1. The van der Waals surface area contributed by atoms with E-state index in [0.29, 0.717) is 16.7 Å². The summed E-state index contributed by atoms with van der Waals surface area (Å²) >= 11 is 1.42. The zero-order valence-corrected chi connectivity index (χ0v) is 16.0. The molecule has 0 radical (unpaired) electrons. The van der Waals surface area contributed by atoms with E-state index in [0.717, 1.165) is 15.7 Å². The summed E-state index contributed by atoms with van der Waals surface area (Å²) in [5.41, 5.74) is 0.337. The highest BCUT2D eigenvalue weighted by Gasteiger charge is 2.16. The molecule has 4 rings (SSSR count). The van der Waals surface area contributed by atoms with E-state index in [1.165, 1.54) is 11.8 Å². The number of aromatic nitrogens is 2. The van der Waals surface area contributed by atoms with Gasteiger partial charge >= 0.3 is 5.97 Å². The fraction of sp³-hybridized carbons (Fsp3) is 0.136. The normalized spacial score (nSPS) is 12.2. The van der Waals surface area contributed by atoms with Crippen molar-refractivity contribution in [2.45, 2.75) is 17.9 Å². The number of carbonyl (C=O) groups is 1. The predicted octanol–water partition coefficient (Wildman–Crippen LogP) is 4.47. The lowest BCUT2D eigenvalue weighted by Crippen LogP contribution is -2.18. The second-order valence-electron chi connectivity index (χ2n) is 6.40. The molecule has 1 heterocycles. The van der Waals surface area contributed by atoms with Crippen molar-refractivity contribution < 1.29 is 9.53 Å². The maximum atomic E-state index is 12.2. The number of fused-ring (bicyclic) bond motifs is 2. The third-order valence-electron chi connectivity index (χ3n) is 4.40. The zero-order valence-electron chi connectivity index (χ0n) is 15.2. The molecule has 1 aromatic heterocycles. The van der Waals surface area contributed by atoms with Crippen LogP contribution in [-0.2, 0) is 9.53 Å². The van der Waals surface area contributed by atoms with Gasteiger partial charge in [0, 0.05) is 4.90 Å². The molecule has 1 N–H and O–H groups in total. The molecular formula is C22H18N2O3S. The van der Waals surface area contributed by atoms with Gasteiger partial charge in [-0.25, -0.2) is 4.98 Å². The minimum absolute atomic E-state index is 0.181. The maximum Gasteiger partial charge on any atom is 0.316 e. The number of rotatable bonds is 5. The second-order valence-corrected chi connectivity index (χ2v) is 7.45. The van der Waals surface area contributed by atoms with Gasteiger partial charge in [0.25, 0.3) is 5.56 Å². The van der Waals surface area contributed by atoms with Gasteiger partial charge in [-0.05, 0) is 42.0 Å². The molecule has 0 aliphatic carbocycles. The Hall–Kier alpha value is -3.12. The van der Waals surface area contributed by atoms with Crippen LogP contribution in [0, 0.1) is 0 Å². The van der Waals surface area contributed by atoms with Gasteiger partial charge in [-0.2, -0.15) is 0 Å². The summed E-state index contributed by atoms with van der Waals surface area (Å²) in [5.74, 6) is 0.162. The summed E-state index contributed by atoms with van der Waals surface area (Å²) in [5, 5.41) is 2.80. The number of aromatic amines is 1. The number of ether oxygens (including phenoxy) is 1. The summed E-state index contributed by atoms with van der Waals surface area (Å²) in [6.07, 6.45) is -0.637. The quantitative estimate of drug-likeness (QED) is 0.402. The first-order valence-electron chi connectivity index (χ1n) is 8.90. The maximum absolute atomic E-state index is 12.2. The van der Waals surface area contributed by atoms with Gasteiger partial charge in [-0.1, -0.05) is 42.5 Å². The van der Waals surface area contributed by atoms with Crippen LogP contribution in [0.1, 0.15) is 18.9 Å². The second kappa shape index (κ2) is 7.86. The average molecular weight is 390 g/mol. The first-order valence-corrected chi connectivity index (χ1v) is 9.89. The summed E-state index contributed by atoms with van der Waals surface area (Å²) in [7, 11) is 0. The van der Waals surface area contributed by atoms with Crippen molar-refractivity contribution in [3.63, 3.8) is 0 Å². The fourth-order valence-electron chi connectivity index (χ4n) is 2.98. The van der Waals surface area contributed by atoms with Crippen LogP contribution in [-0.4, -0.2) is 21.7 Å². The molecule has 0 aliphatic heterocycles. The van der Waals surface area contributed by atoms with Gasteiger partial charge < -0.3 is 9.72 Å². The molecule has 0 unspecified atom stereocenters. The fourth-order valence-corrected chi connectivity index (χ4v) is 3.71. The standard InChI is InChI=1S/C22H18N2O3S/c1-14(21-23-19-9-5-4-8-18(19)22(26)24-21)27-20(25)13-28-17-11-10-15-6-2-3-7-16(15)12-17/h2-12,14H,13H2,1H3,(H,23,24,26)/t14-/m0/s1. The van der Waals surface area contributed by atoms with E-state index in [1.54, 1.807) is 25.1 Å². The van der Waals surface area contributed by atoms with Gasteiger partial charge in [-0.3, -0.25) is 9.59 Å². The number of H-pyrrole nitrogens is 1. The molecule has 0 saturated carbocycles. The number of nitrogens with zero attached hydrogens (tertiary/aromatic N) is 1. The molecule has 5 nitrogen and oxygen atoms in total. The van der Waals surface area contributed by atoms with Crippen LogP contribution in [0.4, 0.5) is 0 Å². The smallest absolute Gasteiger partial charge is 0.316 e. The molecular weight excluding hydrogens is 372 g/mol. The van der Waals surface area contributed by atoms with Crippen molar-refractivity contribution in [2.24, 2.45) is 0 Å². The molecule has 0 amide bonds. The molecule has 0 fully saturated rings. The van der Waals surface area contributed by atoms with Crippen molar-refractivity contribution in [2.75, 3.05) is 5.75 Å². The van der Waals surface area contributed by atoms with Gasteiger partial charge in [0.15, 0.2) is 11.9 Å². The van der Waals surface area contributed by atoms with E-state index in [9.17, 15) is 9.59 Å². The summed E-state index contributed by atoms with van der Waals surface area (Å²) in [4.78, 5) is 32.5. The molecule has 1 atom stereocenters. The highest BCUT2D eigenvalue weighted by Crippen LogP contribution is 2.24. The number of para-hydroxylation sites is 1. The lowest BCUT2D eigenvalue weighted by atomic mass is 10.1. The molecule has 0 saturated heterocycles. The molecule has 0 spiro atoms. The topological polar surface area (TPSA) is 72.0 Å². The molecule has 3 aromatic carbocycles. The molecule has 140 valence electrons. The molecule has 0 bridgehead atoms. The Balaban J connectivity index is 1.42. The van der Waals surface area contributed by atoms with Crippen LogP contribution < -0.4 is 5.56 Å². The molecule has 4 aromatic rings. The van der Waals surface area contributed by atoms with Gasteiger partial charge in [0.1, 0.15) is 0 Å². The van der Waals surface area contributed by atoms with Crippen LogP contribution in [0.5, 0.6) is 0 Å². The molecule has 0 aliphatic rings. The van der Waals surface area contributed by atoms with Crippen molar-refractivity contribution in [1.82, 2.24) is 9.97 Å². The van der Waals surface area contributed by atoms with E-state index in [4.69, 9.17) is 4.74 Å². The summed E-state index contributed by atoms with van der Waals surface area (Å²) in [6, 6.07) is 21.2. The number of carbonyl (C=O) groups excluding carboxylic acids is 1. The van der Waals surface area contributed by atoms with Crippen LogP contribution in [0.3, 0.4) is 0 Å². The van der Waals surface area contributed by atoms with Crippen LogP contribution in [0.15, 0.2) is 76.4 Å². The Bertz CT molecular complexity index is 1220. The van der Waals surface area contributed by atoms with Crippen LogP contribution >= 0.6 is 11.8 Å². The minimum atomic E-state index is -0.637. The van der Waals surface area contributed by atoms with E-state index in [-0.39, 0.29) is 17.3 Å². The van der Waals surface area contributed by atoms with Crippen molar-refractivity contribution in [3.8, 4) is 0 Å². The SMILES string of the molecule is C[C@H](OC(=O)CSc1ccc2ccccc2c1)c1nc2ccccc2c(=O)[nH]1. The molecule has 28 heavy (non-hydrogen) atoms. The Morgan fingerprint density at radius 3 is 2.68 bits per heavy atom. The largest absolute Gasteiger partial charge is 0.454 e. The van der Waals surface area contributed by atoms with E-state index in [1.807, 2.05) is 36.4 Å². The predicted molar refractivity (Wildman–Crippen MR) is 112 cm³/mol. The van der Waals surface area contributed by atoms with Crippen LogP contribution in [0.2, 0.25) is 0 Å². The number of hydrogen-bond acceptors (Lipinski definition) is 5. The Morgan fingerprint density at radius 2 is 1.82 bits per heavy atom. The van der Waals surface area contributed by atoms with Gasteiger partial charge in [0.05, 0.1) is 16.7 Å². The third-order valence-corrected chi connectivity index (χ3v) is 5.37. The molecule has 6 heteroatoms. The highest BCUT2D eigenvalue weighted by atomic mass is 32.2. The van der Waals surface area contributed by atoms with Crippen molar-refractivity contribution in [3.05, 3.63) is 82.9 Å². The number of thioether (sulfide) groups is 1.